The van der Waals surface area contributed by atoms with Gasteiger partial charge in [0.15, 0.2) is 5.83 Å². The molecule has 0 bridgehead atoms. The van der Waals surface area contributed by atoms with Gasteiger partial charge in [0.25, 0.3) is 5.22 Å². The Hall–Kier alpha value is -1.64. The average molecular weight is 352 g/mol. The fourth-order valence-corrected chi connectivity index (χ4v) is 2.72. The molecule has 130 valence electrons. The lowest BCUT2D eigenvalue weighted by Crippen LogP contribution is -2.01. The zero-order valence-corrected chi connectivity index (χ0v) is 14.0. The highest BCUT2D eigenvalue weighted by molar-refractivity contribution is 7.84. The number of nitrogens with zero attached hydrogens (tertiary/aromatic N) is 2. The number of allylic oxidation sites excluding steroid dienone is 1. The minimum atomic E-state index is -2.39. The molecule has 2 unspecified atom stereocenters. The van der Waals surface area contributed by atoms with Crippen molar-refractivity contribution in [3.05, 3.63) is 23.4 Å². The van der Waals surface area contributed by atoms with Crippen LogP contribution in [0.3, 0.4) is 0 Å². The standard InChI is InChI=1S/C14H19F3N2O3S/c1-9(4-6-18-21-3)8-12-10(2)19-14(22-12)23(20)7-5-11(15)13(16)17/h6,9H,4-5,7-8H2,1-3H3. The number of oxime groups is 1. The molecule has 0 saturated carbocycles. The molecule has 23 heavy (non-hydrogen) atoms. The van der Waals surface area contributed by atoms with Crippen molar-refractivity contribution in [3.63, 3.8) is 0 Å². The second-order valence-electron chi connectivity index (χ2n) is 4.97. The number of aryl methyl sites for hydroxylation is 1. The van der Waals surface area contributed by atoms with E-state index in [1.807, 2.05) is 6.92 Å². The highest BCUT2D eigenvalue weighted by Crippen LogP contribution is 2.20. The van der Waals surface area contributed by atoms with E-state index in [1.54, 1.807) is 13.1 Å². The fourth-order valence-electron chi connectivity index (χ4n) is 1.75. The number of oxazole rings is 1. The van der Waals surface area contributed by atoms with Gasteiger partial charge in [-0.3, -0.25) is 0 Å². The molecule has 0 aliphatic carbocycles. The number of halogens is 3. The molecule has 1 heterocycles. The van der Waals surface area contributed by atoms with Crippen LogP contribution in [0.5, 0.6) is 0 Å². The highest BCUT2D eigenvalue weighted by atomic mass is 32.2. The zero-order valence-electron chi connectivity index (χ0n) is 13.1. The van der Waals surface area contributed by atoms with E-state index in [0.717, 1.165) is 0 Å². The topological polar surface area (TPSA) is 64.7 Å². The molecule has 0 saturated heterocycles. The lowest BCUT2D eigenvalue weighted by molar-refractivity contribution is 0.214. The van der Waals surface area contributed by atoms with Gasteiger partial charge in [-0.2, -0.15) is 8.78 Å². The second-order valence-corrected chi connectivity index (χ2v) is 6.42. The van der Waals surface area contributed by atoms with Crippen LogP contribution in [0.1, 0.15) is 31.2 Å². The van der Waals surface area contributed by atoms with Gasteiger partial charge in [0.2, 0.25) is 0 Å². The molecule has 0 aromatic carbocycles. The number of rotatable bonds is 9. The molecule has 0 aliphatic rings. The van der Waals surface area contributed by atoms with E-state index in [4.69, 9.17) is 4.42 Å². The molecule has 9 heteroatoms. The highest BCUT2D eigenvalue weighted by Gasteiger charge is 2.18. The Kier molecular flexibility index (Phi) is 8.01. The largest absolute Gasteiger partial charge is 0.435 e. The van der Waals surface area contributed by atoms with Crippen LogP contribution in [0.2, 0.25) is 0 Å². The number of hydrogen-bond acceptors (Lipinski definition) is 5. The van der Waals surface area contributed by atoms with Crippen LogP contribution in [0.25, 0.3) is 0 Å². The SMILES string of the molecule is CON=CCC(C)Cc1oc(S(=O)CCC(F)=C(F)F)nc1C. The van der Waals surface area contributed by atoms with Gasteiger partial charge < -0.3 is 9.25 Å². The predicted octanol–water partition coefficient (Wildman–Crippen LogP) is 3.76. The van der Waals surface area contributed by atoms with Crippen molar-refractivity contribution < 1.29 is 26.6 Å². The van der Waals surface area contributed by atoms with Crippen LogP contribution in [0, 0.1) is 12.8 Å². The van der Waals surface area contributed by atoms with Crippen LogP contribution in [-0.4, -0.2) is 28.3 Å². The van der Waals surface area contributed by atoms with Gasteiger partial charge in [-0.15, -0.1) is 0 Å². The van der Waals surface area contributed by atoms with Gasteiger partial charge in [-0.05, 0) is 19.3 Å². The van der Waals surface area contributed by atoms with E-state index in [9.17, 15) is 17.4 Å². The molecule has 0 spiro atoms. The van der Waals surface area contributed by atoms with E-state index in [0.29, 0.717) is 24.3 Å². The van der Waals surface area contributed by atoms with Crippen molar-refractivity contribution in [3.8, 4) is 0 Å². The lowest BCUT2D eigenvalue weighted by atomic mass is 10.0. The molecule has 0 aliphatic heterocycles. The Morgan fingerprint density at radius 3 is 2.78 bits per heavy atom. The van der Waals surface area contributed by atoms with Crippen LogP contribution in [-0.2, 0) is 22.1 Å². The van der Waals surface area contributed by atoms with Crippen LogP contribution in [0.4, 0.5) is 13.2 Å². The van der Waals surface area contributed by atoms with Crippen molar-refractivity contribution in [2.24, 2.45) is 11.1 Å². The fraction of sp³-hybridized carbons (Fsp3) is 0.571. The molecule has 0 N–H and O–H groups in total. The molecule has 5 nitrogen and oxygen atoms in total. The maximum absolute atomic E-state index is 12.7. The van der Waals surface area contributed by atoms with E-state index < -0.39 is 29.1 Å². The summed E-state index contributed by atoms with van der Waals surface area (Å²) in [4.78, 5) is 8.60. The molecule has 1 aromatic heterocycles. The van der Waals surface area contributed by atoms with Crippen LogP contribution < -0.4 is 0 Å². The summed E-state index contributed by atoms with van der Waals surface area (Å²) in [5.74, 6) is -1.10. The molecule has 0 fully saturated rings. The zero-order chi connectivity index (χ0) is 17.4. The summed E-state index contributed by atoms with van der Waals surface area (Å²) in [5.41, 5.74) is 0.580. The van der Waals surface area contributed by atoms with E-state index in [-0.39, 0.29) is 16.9 Å². The van der Waals surface area contributed by atoms with Gasteiger partial charge in [0.05, 0.1) is 5.69 Å². The number of aromatic nitrogens is 1. The molecule has 2 atom stereocenters. The Morgan fingerprint density at radius 1 is 1.48 bits per heavy atom. The minimum Gasteiger partial charge on any atom is -0.435 e. The first-order valence-corrected chi connectivity index (χ1v) is 8.26. The lowest BCUT2D eigenvalue weighted by Gasteiger charge is -2.05. The first-order chi connectivity index (χ1) is 10.8. The Labute approximate surface area is 135 Å². The van der Waals surface area contributed by atoms with Gasteiger partial charge in [0, 0.05) is 24.8 Å². The van der Waals surface area contributed by atoms with Crippen LogP contribution >= 0.6 is 0 Å². The molecule has 0 radical (unpaired) electrons. The summed E-state index contributed by atoms with van der Waals surface area (Å²) in [6.45, 7) is 3.68. The van der Waals surface area contributed by atoms with E-state index in [1.165, 1.54) is 7.11 Å². The summed E-state index contributed by atoms with van der Waals surface area (Å²) in [7, 11) is -0.309. The van der Waals surface area contributed by atoms with Crippen molar-refractivity contribution in [1.82, 2.24) is 4.98 Å². The van der Waals surface area contributed by atoms with Crippen molar-refractivity contribution in [2.75, 3.05) is 12.9 Å². The molecule has 1 rings (SSSR count). The molecule has 1 aromatic rings. The quantitative estimate of drug-likeness (QED) is 0.501. The first kappa shape index (κ1) is 19.4. The third-order valence-electron chi connectivity index (χ3n) is 3.00. The van der Waals surface area contributed by atoms with Crippen LogP contribution in [0.15, 0.2) is 26.7 Å². The second kappa shape index (κ2) is 9.49. The third-order valence-corrected chi connectivity index (χ3v) is 4.14. The number of hydrogen-bond donors (Lipinski definition) is 0. The molecular formula is C14H19F3N2O3S. The third kappa shape index (κ3) is 6.55. The Balaban J connectivity index is 2.65. The van der Waals surface area contributed by atoms with Crippen molar-refractivity contribution in [1.29, 1.82) is 0 Å². The normalized spacial score (nSPS) is 14.0. The minimum absolute atomic E-state index is 0.0673. The van der Waals surface area contributed by atoms with E-state index >= 15 is 0 Å². The monoisotopic (exact) mass is 352 g/mol. The van der Waals surface area contributed by atoms with Crippen molar-refractivity contribution in [2.45, 2.75) is 38.3 Å². The molecular weight excluding hydrogens is 333 g/mol. The maximum Gasteiger partial charge on any atom is 0.301 e. The summed E-state index contributed by atoms with van der Waals surface area (Å²) in [6, 6.07) is 0. The predicted molar refractivity (Wildman–Crippen MR) is 80.5 cm³/mol. The smallest absolute Gasteiger partial charge is 0.301 e. The molecule has 0 amide bonds. The summed E-state index contributed by atoms with van der Waals surface area (Å²) in [6.07, 6.45) is -0.152. The van der Waals surface area contributed by atoms with Gasteiger partial charge in [0.1, 0.15) is 23.7 Å². The van der Waals surface area contributed by atoms with Gasteiger partial charge in [-0.25, -0.2) is 13.6 Å². The maximum atomic E-state index is 12.7. The van der Waals surface area contributed by atoms with E-state index in [2.05, 4.69) is 15.0 Å². The Bertz CT molecular complexity index is 598. The average Bonchev–Trinajstić information content (AvgIpc) is 2.85. The van der Waals surface area contributed by atoms with Crippen molar-refractivity contribution >= 4 is 17.0 Å². The first-order valence-electron chi connectivity index (χ1n) is 6.94. The van der Waals surface area contributed by atoms with Gasteiger partial charge >= 0.3 is 6.08 Å². The Morgan fingerprint density at radius 2 is 2.17 bits per heavy atom. The summed E-state index contributed by atoms with van der Waals surface area (Å²) >= 11 is 0. The summed E-state index contributed by atoms with van der Waals surface area (Å²) in [5, 5.41) is 3.58. The summed E-state index contributed by atoms with van der Waals surface area (Å²) < 4.78 is 54.0. The van der Waals surface area contributed by atoms with Gasteiger partial charge in [-0.1, -0.05) is 12.1 Å².